The summed E-state index contributed by atoms with van der Waals surface area (Å²) in [6.07, 6.45) is 0. The third-order valence-corrected chi connectivity index (χ3v) is 15.4. The SMILES string of the molecule is c1ccc(N2c3ccccc3C3(c4ccccc4-c4ccccc43)c3cc(N(c4ccccc4)c4cccc5oc6cc(N(c7ccc8ccccc8c7)c7ccc8ccccc8c7)ccc6c45)ccc32)cc1. The first-order valence-electron chi connectivity index (χ1n) is 25.1. The number of furan rings is 1. The minimum Gasteiger partial charge on any atom is -0.456 e. The lowest BCUT2D eigenvalue weighted by Crippen LogP contribution is -2.36. The van der Waals surface area contributed by atoms with Gasteiger partial charge in [-0.25, -0.2) is 0 Å². The van der Waals surface area contributed by atoms with E-state index in [0.29, 0.717) is 0 Å². The van der Waals surface area contributed by atoms with E-state index in [1.807, 2.05) is 0 Å². The van der Waals surface area contributed by atoms with Crippen LogP contribution in [0.2, 0.25) is 0 Å². The van der Waals surface area contributed by atoms with Crippen LogP contribution in [0.3, 0.4) is 0 Å². The number of fused-ring (bicyclic) bond motifs is 14. The summed E-state index contributed by atoms with van der Waals surface area (Å²) in [4.78, 5) is 7.23. The van der Waals surface area contributed by atoms with Crippen LogP contribution in [-0.2, 0) is 5.41 Å². The third-order valence-electron chi connectivity index (χ3n) is 15.4. The fourth-order valence-electron chi connectivity index (χ4n) is 12.3. The van der Waals surface area contributed by atoms with Gasteiger partial charge in [0, 0.05) is 45.6 Å². The molecule has 0 saturated carbocycles. The number of hydrogen-bond acceptors (Lipinski definition) is 4. The molecule has 2 heterocycles. The van der Waals surface area contributed by atoms with Gasteiger partial charge in [-0.15, -0.1) is 0 Å². The van der Waals surface area contributed by atoms with Crippen LogP contribution in [0.4, 0.5) is 51.2 Å². The topological polar surface area (TPSA) is 22.9 Å². The van der Waals surface area contributed by atoms with Crippen LogP contribution in [0, 0.1) is 0 Å². The number of hydrogen-bond donors (Lipinski definition) is 0. The molecular weight excluding hydrogens is 887 g/mol. The smallest absolute Gasteiger partial charge is 0.137 e. The highest BCUT2D eigenvalue weighted by molar-refractivity contribution is 6.14. The zero-order chi connectivity index (χ0) is 48.0. The second kappa shape index (κ2) is 16.2. The molecule has 0 atom stereocenters. The Kier molecular flexibility index (Phi) is 9.14. The highest BCUT2D eigenvalue weighted by Crippen LogP contribution is 2.64. The average molecular weight is 932 g/mol. The molecular formula is C69H45N3O. The van der Waals surface area contributed by atoms with Crippen molar-refractivity contribution < 1.29 is 4.42 Å². The lowest BCUT2D eigenvalue weighted by Gasteiger charge is -2.45. The number of para-hydroxylation sites is 3. The lowest BCUT2D eigenvalue weighted by atomic mass is 9.64. The Morgan fingerprint density at radius 2 is 0.836 bits per heavy atom. The van der Waals surface area contributed by atoms with Gasteiger partial charge in [-0.1, -0.05) is 170 Å². The van der Waals surface area contributed by atoms with Crippen molar-refractivity contribution in [1.82, 2.24) is 0 Å². The van der Waals surface area contributed by atoms with Crippen LogP contribution in [0.15, 0.2) is 277 Å². The van der Waals surface area contributed by atoms with Crippen molar-refractivity contribution in [3.8, 4) is 11.1 Å². The van der Waals surface area contributed by atoms with Crippen LogP contribution in [0.25, 0.3) is 54.6 Å². The second-order valence-electron chi connectivity index (χ2n) is 19.2. The number of nitrogens with zero attached hydrogens (tertiary/aromatic N) is 3. The fourth-order valence-corrected chi connectivity index (χ4v) is 12.3. The van der Waals surface area contributed by atoms with Gasteiger partial charge in [0.05, 0.1) is 27.9 Å². The van der Waals surface area contributed by atoms with E-state index in [1.165, 1.54) is 60.6 Å². The Bertz CT molecular complexity index is 4190. The van der Waals surface area contributed by atoms with Crippen molar-refractivity contribution in [2.24, 2.45) is 0 Å². The molecule has 4 nitrogen and oxygen atoms in total. The number of anilines is 9. The maximum absolute atomic E-state index is 7.00. The Morgan fingerprint density at radius 3 is 1.52 bits per heavy atom. The monoisotopic (exact) mass is 931 g/mol. The van der Waals surface area contributed by atoms with Gasteiger partial charge in [0.2, 0.25) is 0 Å². The maximum Gasteiger partial charge on any atom is 0.137 e. The predicted octanol–water partition coefficient (Wildman–Crippen LogP) is 19.0. The number of rotatable bonds is 7. The normalized spacial score (nSPS) is 13.0. The van der Waals surface area contributed by atoms with Gasteiger partial charge in [0.15, 0.2) is 0 Å². The highest BCUT2D eigenvalue weighted by Gasteiger charge is 2.52. The largest absolute Gasteiger partial charge is 0.456 e. The van der Waals surface area contributed by atoms with Crippen molar-refractivity contribution in [2.45, 2.75) is 5.41 Å². The van der Waals surface area contributed by atoms with E-state index in [4.69, 9.17) is 4.42 Å². The van der Waals surface area contributed by atoms with Crippen molar-refractivity contribution in [3.05, 3.63) is 295 Å². The summed E-state index contributed by atoms with van der Waals surface area (Å²) in [5.74, 6) is 0. The van der Waals surface area contributed by atoms with Gasteiger partial charge in [-0.2, -0.15) is 0 Å². The molecule has 15 rings (SSSR count). The Morgan fingerprint density at radius 1 is 0.315 bits per heavy atom. The summed E-state index contributed by atoms with van der Waals surface area (Å²) >= 11 is 0. The highest BCUT2D eigenvalue weighted by atomic mass is 16.3. The van der Waals surface area contributed by atoms with Crippen LogP contribution in [-0.4, -0.2) is 0 Å². The quantitative estimate of drug-likeness (QED) is 0.159. The second-order valence-corrected chi connectivity index (χ2v) is 19.2. The summed E-state index contributed by atoms with van der Waals surface area (Å²) in [5.41, 5.74) is 18.4. The first-order valence-corrected chi connectivity index (χ1v) is 25.1. The minimum absolute atomic E-state index is 0.602. The summed E-state index contributed by atoms with van der Waals surface area (Å²) < 4.78 is 7.00. The van der Waals surface area contributed by atoms with Gasteiger partial charge in [0.25, 0.3) is 0 Å². The first kappa shape index (κ1) is 41.2. The molecule has 1 aliphatic heterocycles. The Labute approximate surface area is 423 Å². The first-order chi connectivity index (χ1) is 36.2. The molecule has 73 heavy (non-hydrogen) atoms. The molecule has 1 aromatic heterocycles. The van der Waals surface area contributed by atoms with E-state index in [1.54, 1.807) is 0 Å². The molecule has 0 saturated heterocycles. The van der Waals surface area contributed by atoms with Crippen molar-refractivity contribution in [1.29, 1.82) is 0 Å². The zero-order valence-electron chi connectivity index (χ0n) is 39.7. The van der Waals surface area contributed by atoms with E-state index in [0.717, 1.165) is 67.4 Å². The predicted molar refractivity (Wildman–Crippen MR) is 304 cm³/mol. The standard InChI is InChI=1S/C69H45N3O/c1-3-22-50(23-4-1)71(54-39-41-64-62(44-54)69(59-28-13-11-26-56(59)57-27-12-14-29-60(57)69)61-30-15-16-31-63(61)72(64)51-24-5-2-6-25-51)65-32-17-33-66-68(65)58-40-38-55(45-67(58)73-66)70(52-36-34-46-18-7-9-20-48(46)42-52)53-37-35-47-19-8-10-21-49(47)43-53/h1-45H. The van der Waals surface area contributed by atoms with Gasteiger partial charge < -0.3 is 19.1 Å². The molecule has 0 unspecified atom stereocenters. The van der Waals surface area contributed by atoms with E-state index < -0.39 is 5.41 Å². The molecule has 0 radical (unpaired) electrons. The molecule has 12 aromatic carbocycles. The summed E-state index contributed by atoms with van der Waals surface area (Å²) in [6, 6.07) is 99.6. The van der Waals surface area contributed by atoms with Gasteiger partial charge >= 0.3 is 0 Å². The van der Waals surface area contributed by atoms with E-state index in [2.05, 4.69) is 288 Å². The summed E-state index contributed by atoms with van der Waals surface area (Å²) in [6.45, 7) is 0. The molecule has 0 bridgehead atoms. The van der Waals surface area contributed by atoms with Crippen LogP contribution < -0.4 is 14.7 Å². The molecule has 0 amide bonds. The average Bonchev–Trinajstić information content (AvgIpc) is 3.99. The van der Waals surface area contributed by atoms with Crippen LogP contribution in [0.1, 0.15) is 22.3 Å². The van der Waals surface area contributed by atoms with Crippen LogP contribution in [0.5, 0.6) is 0 Å². The Balaban J connectivity index is 0.950. The molecule has 1 aliphatic carbocycles. The molecule has 0 fully saturated rings. The minimum atomic E-state index is -0.602. The summed E-state index contributed by atoms with van der Waals surface area (Å²) in [5, 5.41) is 6.89. The lowest BCUT2D eigenvalue weighted by molar-refractivity contribution is 0.669. The van der Waals surface area contributed by atoms with E-state index in [9.17, 15) is 0 Å². The Hall–Kier alpha value is -9.64. The molecule has 1 spiro atoms. The van der Waals surface area contributed by atoms with Crippen molar-refractivity contribution in [2.75, 3.05) is 14.7 Å². The fraction of sp³-hybridized carbons (Fsp3) is 0.0145. The molecule has 4 heteroatoms. The van der Waals surface area contributed by atoms with Gasteiger partial charge in [-0.05, 0) is 152 Å². The van der Waals surface area contributed by atoms with E-state index >= 15 is 0 Å². The maximum atomic E-state index is 7.00. The van der Waals surface area contributed by atoms with Crippen molar-refractivity contribution in [3.63, 3.8) is 0 Å². The van der Waals surface area contributed by atoms with Gasteiger partial charge in [0.1, 0.15) is 11.2 Å². The molecule has 0 N–H and O–H groups in total. The van der Waals surface area contributed by atoms with Gasteiger partial charge in [-0.3, -0.25) is 0 Å². The third kappa shape index (κ3) is 6.20. The number of benzene rings is 12. The molecule has 342 valence electrons. The van der Waals surface area contributed by atoms with Crippen molar-refractivity contribution >= 4 is 94.7 Å². The zero-order valence-corrected chi connectivity index (χ0v) is 39.7. The van der Waals surface area contributed by atoms with E-state index in [-0.39, 0.29) is 0 Å². The molecule has 13 aromatic rings. The molecule has 2 aliphatic rings. The summed E-state index contributed by atoms with van der Waals surface area (Å²) in [7, 11) is 0. The van der Waals surface area contributed by atoms with Crippen LogP contribution >= 0.6 is 0 Å².